The highest BCUT2D eigenvalue weighted by atomic mass is 35.5. The third-order valence-electron chi connectivity index (χ3n) is 5.86. The van der Waals surface area contributed by atoms with Crippen molar-refractivity contribution < 1.29 is 28.5 Å². The van der Waals surface area contributed by atoms with E-state index in [4.69, 9.17) is 42.1 Å². The van der Waals surface area contributed by atoms with Gasteiger partial charge in [-0.15, -0.1) is 0 Å². The first kappa shape index (κ1) is 29.1. The van der Waals surface area contributed by atoms with E-state index >= 15 is 0 Å². The van der Waals surface area contributed by atoms with Gasteiger partial charge in [-0.25, -0.2) is 4.79 Å². The highest BCUT2D eigenvalue weighted by Gasteiger charge is 2.32. The van der Waals surface area contributed by atoms with Crippen molar-refractivity contribution in [3.63, 3.8) is 0 Å². The lowest BCUT2D eigenvalue weighted by molar-refractivity contribution is -0.144. The van der Waals surface area contributed by atoms with E-state index in [0.29, 0.717) is 33.3 Å². The average Bonchev–Trinajstić information content (AvgIpc) is 2.90. The minimum atomic E-state index is -1.05. The summed E-state index contributed by atoms with van der Waals surface area (Å²) in [6.07, 6.45) is 0. The molecule has 3 aromatic rings. The van der Waals surface area contributed by atoms with Gasteiger partial charge in [0.15, 0.2) is 5.43 Å². The number of methoxy groups -OCH3 is 2. The van der Waals surface area contributed by atoms with Gasteiger partial charge < -0.3 is 23.5 Å². The zero-order chi connectivity index (χ0) is 28.0. The predicted octanol–water partition coefficient (Wildman–Crippen LogP) is 5.73. The molecular formula is C28H29Cl2NO7. The predicted molar refractivity (Wildman–Crippen MR) is 146 cm³/mol. The van der Waals surface area contributed by atoms with E-state index in [2.05, 4.69) is 0 Å². The molecule has 8 nitrogen and oxygen atoms in total. The van der Waals surface area contributed by atoms with Gasteiger partial charge in [-0.2, -0.15) is 0 Å². The monoisotopic (exact) mass is 561 g/mol. The Labute approximate surface area is 231 Å². The molecule has 2 aromatic carbocycles. The van der Waals surface area contributed by atoms with Crippen LogP contribution < -0.4 is 14.9 Å². The van der Waals surface area contributed by atoms with E-state index in [1.54, 1.807) is 54.8 Å². The fourth-order valence-electron chi connectivity index (χ4n) is 4.24. The zero-order valence-electron chi connectivity index (χ0n) is 21.8. The molecule has 0 saturated heterocycles. The standard InChI is InChI=1S/C28H29Cl2NO7/c1-6-31-22(24(27(33)37-7-2)17-11-18(35-4)14-19(12-17)36-5)15-23(32)25(28(34)38-8-3)26(31)16-9-10-20(29)21(30)13-16/h9-15,24H,6-8H2,1-5H3. The van der Waals surface area contributed by atoms with Crippen molar-refractivity contribution in [2.24, 2.45) is 0 Å². The Hall–Kier alpha value is -3.49. The van der Waals surface area contributed by atoms with Crippen LogP contribution in [0, 0.1) is 0 Å². The first-order valence-corrected chi connectivity index (χ1v) is 12.8. The molecule has 202 valence electrons. The molecule has 0 aliphatic carbocycles. The minimum Gasteiger partial charge on any atom is -0.497 e. The zero-order valence-corrected chi connectivity index (χ0v) is 23.3. The third kappa shape index (κ3) is 5.97. The number of nitrogens with zero attached hydrogens (tertiary/aromatic N) is 1. The van der Waals surface area contributed by atoms with Crippen LogP contribution in [0.3, 0.4) is 0 Å². The lowest BCUT2D eigenvalue weighted by Crippen LogP contribution is -2.29. The van der Waals surface area contributed by atoms with Crippen molar-refractivity contribution in [3.05, 3.63) is 79.6 Å². The number of carbonyl (C=O) groups excluding carboxylic acids is 2. The molecule has 3 rings (SSSR count). The number of aromatic nitrogens is 1. The van der Waals surface area contributed by atoms with Gasteiger partial charge in [0.25, 0.3) is 0 Å². The Balaban J connectivity index is 2.46. The highest BCUT2D eigenvalue weighted by molar-refractivity contribution is 6.42. The fraction of sp³-hybridized carbons (Fsp3) is 0.321. The Bertz CT molecular complexity index is 1380. The van der Waals surface area contributed by atoms with Crippen LogP contribution in [0.4, 0.5) is 0 Å². The smallest absolute Gasteiger partial charge is 0.344 e. The quantitative estimate of drug-likeness (QED) is 0.292. The third-order valence-corrected chi connectivity index (χ3v) is 6.60. The number of hydrogen-bond acceptors (Lipinski definition) is 7. The molecule has 0 radical (unpaired) electrons. The molecule has 0 aliphatic rings. The molecule has 0 amide bonds. The van der Waals surface area contributed by atoms with Gasteiger partial charge in [0.1, 0.15) is 23.0 Å². The molecule has 1 unspecified atom stereocenters. The van der Waals surface area contributed by atoms with Crippen molar-refractivity contribution >= 4 is 35.1 Å². The lowest BCUT2D eigenvalue weighted by atomic mass is 9.92. The van der Waals surface area contributed by atoms with Crippen molar-refractivity contribution in [3.8, 4) is 22.8 Å². The molecule has 38 heavy (non-hydrogen) atoms. The summed E-state index contributed by atoms with van der Waals surface area (Å²) in [6, 6.07) is 11.1. The van der Waals surface area contributed by atoms with Crippen molar-refractivity contribution in [2.45, 2.75) is 33.2 Å². The molecule has 0 saturated carbocycles. The number of rotatable bonds is 10. The summed E-state index contributed by atoms with van der Waals surface area (Å²) in [6.45, 7) is 5.65. The van der Waals surface area contributed by atoms with Crippen LogP contribution in [0.25, 0.3) is 11.3 Å². The Morgan fingerprint density at radius 3 is 2.03 bits per heavy atom. The topological polar surface area (TPSA) is 93.1 Å². The van der Waals surface area contributed by atoms with E-state index < -0.39 is 23.3 Å². The number of pyridine rings is 1. The number of benzene rings is 2. The summed E-state index contributed by atoms with van der Waals surface area (Å²) in [7, 11) is 2.99. The first-order chi connectivity index (χ1) is 18.2. The van der Waals surface area contributed by atoms with Gasteiger partial charge in [0, 0.05) is 29.9 Å². The van der Waals surface area contributed by atoms with E-state index in [9.17, 15) is 14.4 Å². The van der Waals surface area contributed by atoms with Gasteiger partial charge >= 0.3 is 11.9 Å². The van der Waals surface area contributed by atoms with Gasteiger partial charge in [0.05, 0.1) is 43.2 Å². The van der Waals surface area contributed by atoms with E-state index in [-0.39, 0.29) is 36.0 Å². The van der Waals surface area contributed by atoms with Crippen LogP contribution in [0.1, 0.15) is 48.3 Å². The van der Waals surface area contributed by atoms with Crippen LogP contribution in [0.15, 0.2) is 47.3 Å². The molecule has 1 aromatic heterocycles. The molecule has 0 N–H and O–H groups in total. The molecule has 10 heteroatoms. The molecule has 0 aliphatic heterocycles. The summed E-state index contributed by atoms with van der Waals surface area (Å²) in [4.78, 5) is 40.0. The van der Waals surface area contributed by atoms with Gasteiger partial charge in [-0.1, -0.05) is 29.3 Å². The van der Waals surface area contributed by atoms with Crippen molar-refractivity contribution in [1.82, 2.24) is 4.57 Å². The largest absolute Gasteiger partial charge is 0.497 e. The van der Waals surface area contributed by atoms with Gasteiger partial charge in [0.2, 0.25) is 0 Å². The van der Waals surface area contributed by atoms with Crippen LogP contribution in [-0.2, 0) is 20.8 Å². The first-order valence-electron chi connectivity index (χ1n) is 12.0. The van der Waals surface area contributed by atoms with E-state index in [1.807, 2.05) is 6.92 Å². The highest BCUT2D eigenvalue weighted by Crippen LogP contribution is 2.36. The molecule has 0 fully saturated rings. The second-order valence-electron chi connectivity index (χ2n) is 8.08. The maximum absolute atomic E-state index is 13.6. The lowest BCUT2D eigenvalue weighted by Gasteiger charge is -2.25. The summed E-state index contributed by atoms with van der Waals surface area (Å²) in [5.74, 6) is -1.53. The van der Waals surface area contributed by atoms with Crippen molar-refractivity contribution in [1.29, 1.82) is 0 Å². The maximum atomic E-state index is 13.6. The Morgan fingerprint density at radius 1 is 0.868 bits per heavy atom. The number of esters is 2. The van der Waals surface area contributed by atoms with Crippen LogP contribution in [0.5, 0.6) is 11.5 Å². The molecule has 0 spiro atoms. The maximum Gasteiger partial charge on any atom is 0.344 e. The normalized spacial score (nSPS) is 11.6. The van der Waals surface area contributed by atoms with E-state index in [1.165, 1.54) is 20.3 Å². The molecule has 1 atom stereocenters. The van der Waals surface area contributed by atoms with Crippen LogP contribution in [0.2, 0.25) is 10.0 Å². The van der Waals surface area contributed by atoms with Crippen LogP contribution >= 0.6 is 23.2 Å². The summed E-state index contributed by atoms with van der Waals surface area (Å²) in [5.41, 5.74) is 0.686. The second-order valence-corrected chi connectivity index (χ2v) is 8.90. The second kappa shape index (κ2) is 12.8. The number of hydrogen-bond donors (Lipinski definition) is 0. The van der Waals surface area contributed by atoms with E-state index in [0.717, 1.165) is 0 Å². The fourth-order valence-corrected chi connectivity index (χ4v) is 4.54. The SMILES string of the molecule is CCOC(=O)c1c(-c2ccc(Cl)c(Cl)c2)n(CC)c(C(C(=O)OCC)c2cc(OC)cc(OC)c2)cc1=O. The summed E-state index contributed by atoms with van der Waals surface area (Å²) in [5, 5.41) is 0.543. The Kier molecular flexibility index (Phi) is 9.83. The average molecular weight is 562 g/mol. The van der Waals surface area contributed by atoms with Crippen molar-refractivity contribution in [2.75, 3.05) is 27.4 Å². The number of ether oxygens (including phenoxy) is 4. The molecule has 1 heterocycles. The molecule has 0 bridgehead atoms. The summed E-state index contributed by atoms with van der Waals surface area (Å²) >= 11 is 12.5. The molecular weight excluding hydrogens is 533 g/mol. The minimum absolute atomic E-state index is 0.0714. The Morgan fingerprint density at radius 2 is 1.50 bits per heavy atom. The summed E-state index contributed by atoms with van der Waals surface area (Å²) < 4.78 is 23.2. The van der Waals surface area contributed by atoms with Gasteiger partial charge in [-0.05, 0) is 50.6 Å². The van der Waals surface area contributed by atoms with Gasteiger partial charge in [-0.3, -0.25) is 9.59 Å². The van der Waals surface area contributed by atoms with Crippen LogP contribution in [-0.4, -0.2) is 43.9 Å². The number of halogens is 2. The number of carbonyl (C=O) groups is 2.